The Morgan fingerprint density at radius 3 is 2.90 bits per heavy atom. The van der Waals surface area contributed by atoms with E-state index in [-0.39, 0.29) is 17.2 Å². The topological polar surface area (TPSA) is 67.2 Å². The van der Waals surface area contributed by atoms with E-state index in [1.54, 1.807) is 7.05 Å². The summed E-state index contributed by atoms with van der Waals surface area (Å²) in [6.07, 6.45) is 2.32. The first-order valence-electron chi connectivity index (χ1n) is 7.54. The summed E-state index contributed by atoms with van der Waals surface area (Å²) in [5.41, 5.74) is 0.0695. The molecule has 1 fully saturated rings. The number of nitrogens with one attached hydrogen (secondary N) is 1. The highest BCUT2D eigenvalue weighted by atomic mass is 16.2. The van der Waals surface area contributed by atoms with Gasteiger partial charge in [0.15, 0.2) is 0 Å². The maximum atomic E-state index is 12.1. The number of hydrogen-bond acceptors (Lipinski definition) is 4. The zero-order chi connectivity index (χ0) is 15.4. The van der Waals surface area contributed by atoms with Crippen LogP contribution in [-0.4, -0.2) is 46.3 Å². The molecule has 1 amide bonds. The van der Waals surface area contributed by atoms with E-state index in [2.05, 4.69) is 29.2 Å². The minimum absolute atomic E-state index is 0.215. The van der Waals surface area contributed by atoms with Gasteiger partial charge in [0, 0.05) is 32.2 Å². The molecular formula is C15H24N4O2. The zero-order valence-corrected chi connectivity index (χ0v) is 13.0. The van der Waals surface area contributed by atoms with Crippen LogP contribution in [0.15, 0.2) is 16.9 Å². The number of nitrogens with zero attached hydrogens (tertiary/aromatic N) is 3. The first-order chi connectivity index (χ1) is 9.97. The maximum Gasteiger partial charge on any atom is 0.271 e. The van der Waals surface area contributed by atoms with Gasteiger partial charge in [-0.25, -0.2) is 4.68 Å². The summed E-state index contributed by atoms with van der Waals surface area (Å²) in [7, 11) is 1.54. The normalized spacial score (nSPS) is 19.7. The number of aromatic nitrogens is 2. The van der Waals surface area contributed by atoms with E-state index >= 15 is 0 Å². The van der Waals surface area contributed by atoms with E-state index < -0.39 is 0 Å². The lowest BCUT2D eigenvalue weighted by atomic mass is 9.97. The SMILES string of the molecule is CC(C)N1CCCC(CNC(=O)c2ccc(=O)n(C)n2)C1. The highest BCUT2D eigenvalue weighted by molar-refractivity contribution is 5.91. The largest absolute Gasteiger partial charge is 0.350 e. The van der Waals surface area contributed by atoms with Crippen LogP contribution in [0.1, 0.15) is 37.2 Å². The third-order valence-electron chi connectivity index (χ3n) is 4.03. The van der Waals surface area contributed by atoms with Crippen molar-refractivity contribution in [3.63, 3.8) is 0 Å². The minimum Gasteiger partial charge on any atom is -0.350 e. The van der Waals surface area contributed by atoms with E-state index in [1.807, 2.05) is 0 Å². The molecule has 0 aromatic carbocycles. The maximum absolute atomic E-state index is 12.1. The molecular weight excluding hydrogens is 268 g/mol. The molecule has 1 N–H and O–H groups in total. The van der Waals surface area contributed by atoms with Gasteiger partial charge in [0.2, 0.25) is 0 Å². The molecule has 1 atom stereocenters. The van der Waals surface area contributed by atoms with Gasteiger partial charge in [-0.3, -0.25) is 9.59 Å². The van der Waals surface area contributed by atoms with Crippen molar-refractivity contribution in [2.45, 2.75) is 32.7 Å². The number of carbonyl (C=O) groups excluding carboxylic acids is 1. The van der Waals surface area contributed by atoms with Crippen LogP contribution in [0.5, 0.6) is 0 Å². The van der Waals surface area contributed by atoms with Crippen molar-refractivity contribution in [2.24, 2.45) is 13.0 Å². The van der Waals surface area contributed by atoms with Crippen molar-refractivity contribution in [1.82, 2.24) is 20.0 Å². The second-order valence-corrected chi connectivity index (χ2v) is 5.99. The Hall–Kier alpha value is -1.69. The van der Waals surface area contributed by atoms with Crippen LogP contribution in [0, 0.1) is 5.92 Å². The van der Waals surface area contributed by atoms with Crippen molar-refractivity contribution in [3.8, 4) is 0 Å². The quantitative estimate of drug-likeness (QED) is 0.884. The highest BCUT2D eigenvalue weighted by Gasteiger charge is 2.22. The summed E-state index contributed by atoms with van der Waals surface area (Å²) in [6, 6.07) is 3.39. The fourth-order valence-corrected chi connectivity index (χ4v) is 2.68. The average Bonchev–Trinajstić information content (AvgIpc) is 2.48. The fraction of sp³-hybridized carbons (Fsp3) is 0.667. The first kappa shape index (κ1) is 15.7. The molecule has 1 unspecified atom stereocenters. The number of aryl methyl sites for hydroxylation is 1. The molecule has 1 aromatic rings. The van der Waals surface area contributed by atoms with E-state index in [9.17, 15) is 9.59 Å². The molecule has 2 rings (SSSR count). The summed E-state index contributed by atoms with van der Waals surface area (Å²) in [5.74, 6) is 0.268. The molecule has 2 heterocycles. The summed E-state index contributed by atoms with van der Waals surface area (Å²) >= 11 is 0. The van der Waals surface area contributed by atoms with Gasteiger partial charge in [0.05, 0.1) is 0 Å². The monoisotopic (exact) mass is 292 g/mol. The molecule has 1 aromatic heterocycles. The highest BCUT2D eigenvalue weighted by Crippen LogP contribution is 2.17. The van der Waals surface area contributed by atoms with Crippen molar-refractivity contribution < 1.29 is 4.79 Å². The van der Waals surface area contributed by atoms with Gasteiger partial charge in [0.25, 0.3) is 11.5 Å². The Balaban J connectivity index is 1.88. The number of amides is 1. The van der Waals surface area contributed by atoms with Crippen LogP contribution >= 0.6 is 0 Å². The molecule has 0 aliphatic carbocycles. The second kappa shape index (κ2) is 6.85. The van der Waals surface area contributed by atoms with Crippen LogP contribution < -0.4 is 10.9 Å². The molecule has 1 aliphatic rings. The predicted molar refractivity (Wildman–Crippen MR) is 81.2 cm³/mol. The van der Waals surface area contributed by atoms with Crippen molar-refractivity contribution >= 4 is 5.91 Å². The number of likely N-dealkylation sites (tertiary alicyclic amines) is 1. The van der Waals surface area contributed by atoms with E-state index in [0.717, 1.165) is 19.5 Å². The van der Waals surface area contributed by atoms with Gasteiger partial charge in [0.1, 0.15) is 5.69 Å². The van der Waals surface area contributed by atoms with Crippen LogP contribution in [0.2, 0.25) is 0 Å². The van der Waals surface area contributed by atoms with Crippen LogP contribution in [-0.2, 0) is 7.05 Å². The predicted octanol–water partition coefficient (Wildman–Crippen LogP) is 0.631. The lowest BCUT2D eigenvalue weighted by Crippen LogP contribution is -2.44. The van der Waals surface area contributed by atoms with Gasteiger partial charge in [-0.15, -0.1) is 0 Å². The Bertz CT molecular complexity index is 553. The number of carbonyl (C=O) groups is 1. The molecule has 21 heavy (non-hydrogen) atoms. The van der Waals surface area contributed by atoms with Crippen LogP contribution in [0.4, 0.5) is 0 Å². The summed E-state index contributed by atoms with van der Waals surface area (Å²) in [6.45, 7) is 7.24. The van der Waals surface area contributed by atoms with E-state index in [0.29, 0.717) is 18.5 Å². The van der Waals surface area contributed by atoms with E-state index in [1.165, 1.54) is 23.2 Å². The minimum atomic E-state index is -0.216. The van der Waals surface area contributed by atoms with Gasteiger partial charge >= 0.3 is 0 Å². The Morgan fingerprint density at radius 1 is 1.48 bits per heavy atom. The van der Waals surface area contributed by atoms with Crippen molar-refractivity contribution in [1.29, 1.82) is 0 Å². The molecule has 1 aliphatic heterocycles. The van der Waals surface area contributed by atoms with E-state index in [4.69, 9.17) is 0 Å². The van der Waals surface area contributed by atoms with Gasteiger partial charge in [-0.05, 0) is 45.2 Å². The third-order valence-corrected chi connectivity index (χ3v) is 4.03. The van der Waals surface area contributed by atoms with Crippen LogP contribution in [0.25, 0.3) is 0 Å². The molecule has 116 valence electrons. The molecule has 0 spiro atoms. The molecule has 1 saturated heterocycles. The number of piperidine rings is 1. The number of rotatable bonds is 4. The molecule has 6 nitrogen and oxygen atoms in total. The van der Waals surface area contributed by atoms with Gasteiger partial charge in [-0.2, -0.15) is 5.10 Å². The zero-order valence-electron chi connectivity index (χ0n) is 13.0. The third kappa shape index (κ3) is 4.14. The average molecular weight is 292 g/mol. The smallest absolute Gasteiger partial charge is 0.271 e. The summed E-state index contributed by atoms with van der Waals surface area (Å²) in [4.78, 5) is 25.8. The van der Waals surface area contributed by atoms with Crippen molar-refractivity contribution in [3.05, 3.63) is 28.2 Å². The second-order valence-electron chi connectivity index (χ2n) is 5.99. The van der Waals surface area contributed by atoms with Crippen molar-refractivity contribution in [2.75, 3.05) is 19.6 Å². The summed E-state index contributed by atoms with van der Waals surface area (Å²) in [5, 5.41) is 6.89. The fourth-order valence-electron chi connectivity index (χ4n) is 2.68. The Morgan fingerprint density at radius 2 is 2.24 bits per heavy atom. The molecule has 0 saturated carbocycles. The standard InChI is InChI=1S/C15H24N4O2/c1-11(2)19-8-4-5-12(10-19)9-16-15(21)13-6-7-14(20)18(3)17-13/h6-7,11-12H,4-5,8-10H2,1-3H3,(H,16,21). The van der Waals surface area contributed by atoms with Gasteiger partial charge in [-0.1, -0.05) is 0 Å². The molecule has 0 bridgehead atoms. The summed E-state index contributed by atoms with van der Waals surface area (Å²) < 4.78 is 1.18. The lowest BCUT2D eigenvalue weighted by molar-refractivity contribution is 0.0915. The molecule has 0 radical (unpaired) electrons. The van der Waals surface area contributed by atoms with Crippen LogP contribution in [0.3, 0.4) is 0 Å². The van der Waals surface area contributed by atoms with Gasteiger partial charge < -0.3 is 10.2 Å². The lowest BCUT2D eigenvalue weighted by Gasteiger charge is -2.35. The first-order valence-corrected chi connectivity index (χ1v) is 7.54. The Labute approximate surface area is 125 Å². The number of hydrogen-bond donors (Lipinski definition) is 1. The Kier molecular flexibility index (Phi) is 5.12. The molecule has 6 heteroatoms.